The summed E-state index contributed by atoms with van der Waals surface area (Å²) in [6, 6.07) is 9.07. The quantitative estimate of drug-likeness (QED) is 0.656. The van der Waals surface area contributed by atoms with Gasteiger partial charge in [0.05, 0.1) is 16.7 Å². The number of aromatic nitrogens is 2. The molecular formula is C16H13ClF2N2. The number of imidazole rings is 1. The molecule has 0 atom stereocenters. The van der Waals surface area contributed by atoms with E-state index >= 15 is 0 Å². The summed E-state index contributed by atoms with van der Waals surface area (Å²) in [7, 11) is 0. The van der Waals surface area contributed by atoms with Crippen LogP contribution in [0.5, 0.6) is 0 Å². The van der Waals surface area contributed by atoms with Gasteiger partial charge in [0.2, 0.25) is 0 Å². The van der Waals surface area contributed by atoms with Gasteiger partial charge in [-0.05, 0) is 30.7 Å². The van der Waals surface area contributed by atoms with E-state index in [2.05, 4.69) is 4.98 Å². The van der Waals surface area contributed by atoms with E-state index in [1.165, 1.54) is 6.07 Å². The number of hydrogen-bond acceptors (Lipinski definition) is 1. The lowest BCUT2D eigenvalue weighted by atomic mass is 10.2. The first kappa shape index (κ1) is 14.0. The number of halogens is 3. The van der Waals surface area contributed by atoms with Crippen LogP contribution in [0.4, 0.5) is 8.78 Å². The number of alkyl halides is 1. The topological polar surface area (TPSA) is 17.8 Å². The average Bonchev–Trinajstić information content (AvgIpc) is 2.81. The molecule has 5 heteroatoms. The van der Waals surface area contributed by atoms with Gasteiger partial charge in [0.1, 0.15) is 17.5 Å². The van der Waals surface area contributed by atoms with Crippen molar-refractivity contribution < 1.29 is 8.78 Å². The molecule has 3 aromatic rings. The van der Waals surface area contributed by atoms with Gasteiger partial charge >= 0.3 is 0 Å². The van der Waals surface area contributed by atoms with Crippen molar-refractivity contribution in [2.24, 2.45) is 0 Å². The van der Waals surface area contributed by atoms with Crippen LogP contribution in [0.15, 0.2) is 36.4 Å². The molecule has 0 unspecified atom stereocenters. The molecule has 0 radical (unpaired) electrons. The highest BCUT2D eigenvalue weighted by Crippen LogP contribution is 2.27. The van der Waals surface area contributed by atoms with Crippen molar-refractivity contribution in [3.05, 3.63) is 59.4 Å². The summed E-state index contributed by atoms with van der Waals surface area (Å²) in [6.07, 6.45) is 0.478. The summed E-state index contributed by atoms with van der Waals surface area (Å²) in [5.41, 5.74) is 2.64. The fraction of sp³-hybridized carbons (Fsp3) is 0.188. The van der Waals surface area contributed by atoms with Crippen LogP contribution in [-0.2, 0) is 6.42 Å². The Morgan fingerprint density at radius 3 is 2.76 bits per heavy atom. The Morgan fingerprint density at radius 2 is 2.00 bits per heavy atom. The van der Waals surface area contributed by atoms with Gasteiger partial charge in [-0.2, -0.15) is 0 Å². The number of rotatable bonds is 3. The van der Waals surface area contributed by atoms with E-state index in [1.54, 1.807) is 4.57 Å². The number of nitrogens with zero attached hydrogens (tertiary/aromatic N) is 2. The molecule has 108 valence electrons. The van der Waals surface area contributed by atoms with E-state index < -0.39 is 11.6 Å². The second kappa shape index (κ2) is 5.45. The van der Waals surface area contributed by atoms with Crippen LogP contribution < -0.4 is 0 Å². The van der Waals surface area contributed by atoms with Crippen molar-refractivity contribution in [2.45, 2.75) is 13.3 Å². The van der Waals surface area contributed by atoms with Crippen molar-refractivity contribution in [1.82, 2.24) is 9.55 Å². The van der Waals surface area contributed by atoms with Crippen molar-refractivity contribution in [1.29, 1.82) is 0 Å². The number of para-hydroxylation sites is 1. The molecule has 3 rings (SSSR count). The average molecular weight is 307 g/mol. The molecule has 0 saturated carbocycles. The lowest BCUT2D eigenvalue weighted by Crippen LogP contribution is -2.05. The third-order valence-corrected chi connectivity index (χ3v) is 3.60. The Labute approximate surface area is 126 Å². The summed E-state index contributed by atoms with van der Waals surface area (Å²) < 4.78 is 29.4. The van der Waals surface area contributed by atoms with Gasteiger partial charge in [0.15, 0.2) is 0 Å². The Bertz CT molecular complexity index is 811. The second-order valence-electron chi connectivity index (χ2n) is 4.84. The van der Waals surface area contributed by atoms with Crippen LogP contribution in [0, 0.1) is 18.6 Å². The van der Waals surface area contributed by atoms with Gasteiger partial charge in [0, 0.05) is 18.4 Å². The van der Waals surface area contributed by atoms with Crippen LogP contribution in [0.25, 0.3) is 16.7 Å². The van der Waals surface area contributed by atoms with Gasteiger partial charge in [-0.3, -0.25) is 4.57 Å². The summed E-state index contributed by atoms with van der Waals surface area (Å²) in [4.78, 5) is 4.50. The SMILES string of the molecule is Cc1cccc2nc(CCCl)n(-c3cc(F)ccc3F)c12. The molecule has 0 N–H and O–H groups in total. The molecular weight excluding hydrogens is 294 g/mol. The van der Waals surface area contributed by atoms with E-state index in [0.29, 0.717) is 18.1 Å². The van der Waals surface area contributed by atoms with Crippen molar-refractivity contribution in [3.63, 3.8) is 0 Å². The van der Waals surface area contributed by atoms with Crippen LogP contribution in [0.3, 0.4) is 0 Å². The molecule has 0 aliphatic rings. The zero-order valence-corrected chi connectivity index (χ0v) is 12.2. The van der Waals surface area contributed by atoms with Crippen molar-refractivity contribution in [3.8, 4) is 5.69 Å². The minimum absolute atomic E-state index is 0.159. The molecule has 1 aromatic heterocycles. The van der Waals surface area contributed by atoms with E-state index in [9.17, 15) is 8.78 Å². The minimum Gasteiger partial charge on any atom is -0.293 e. The second-order valence-corrected chi connectivity index (χ2v) is 5.22. The Hall–Kier alpha value is -1.94. The third-order valence-electron chi connectivity index (χ3n) is 3.41. The van der Waals surface area contributed by atoms with Gasteiger partial charge in [0.25, 0.3) is 0 Å². The highest BCUT2D eigenvalue weighted by atomic mass is 35.5. The number of aryl methyl sites for hydroxylation is 2. The summed E-state index contributed by atoms with van der Waals surface area (Å²) in [5.74, 6) is 0.00601. The highest BCUT2D eigenvalue weighted by molar-refractivity contribution is 6.17. The van der Waals surface area contributed by atoms with Crippen LogP contribution in [0.2, 0.25) is 0 Å². The fourth-order valence-electron chi connectivity index (χ4n) is 2.51. The van der Waals surface area contributed by atoms with E-state index in [0.717, 1.165) is 28.7 Å². The number of hydrogen-bond donors (Lipinski definition) is 0. The number of fused-ring (bicyclic) bond motifs is 1. The maximum Gasteiger partial charge on any atom is 0.147 e. The molecule has 0 aliphatic heterocycles. The molecule has 0 aliphatic carbocycles. The predicted molar refractivity (Wildman–Crippen MR) is 80.1 cm³/mol. The summed E-state index contributed by atoms with van der Waals surface area (Å²) >= 11 is 5.81. The molecule has 0 spiro atoms. The summed E-state index contributed by atoms with van der Waals surface area (Å²) in [5, 5.41) is 0. The zero-order valence-electron chi connectivity index (χ0n) is 11.4. The molecule has 0 saturated heterocycles. The van der Waals surface area contributed by atoms with Crippen molar-refractivity contribution in [2.75, 3.05) is 5.88 Å². The number of benzene rings is 2. The first-order chi connectivity index (χ1) is 10.1. The molecule has 1 heterocycles. The van der Waals surface area contributed by atoms with Crippen LogP contribution in [0.1, 0.15) is 11.4 Å². The first-order valence-corrected chi connectivity index (χ1v) is 7.13. The van der Waals surface area contributed by atoms with E-state index in [4.69, 9.17) is 11.6 Å². The Kier molecular flexibility index (Phi) is 3.64. The maximum atomic E-state index is 14.2. The lowest BCUT2D eigenvalue weighted by molar-refractivity contribution is 0.591. The molecule has 21 heavy (non-hydrogen) atoms. The maximum absolute atomic E-state index is 14.2. The zero-order chi connectivity index (χ0) is 15.0. The van der Waals surface area contributed by atoms with Crippen molar-refractivity contribution >= 4 is 22.6 Å². The van der Waals surface area contributed by atoms with Gasteiger partial charge in [-0.15, -0.1) is 11.6 Å². The standard InChI is InChI=1S/C16H13ClF2N2/c1-10-3-2-4-13-16(10)21(15(20-13)7-8-17)14-9-11(18)5-6-12(14)19/h2-6,9H,7-8H2,1H3. The van der Waals surface area contributed by atoms with E-state index in [1.807, 2.05) is 25.1 Å². The monoisotopic (exact) mass is 306 g/mol. The molecule has 0 amide bonds. The Balaban J connectivity index is 2.38. The molecule has 0 bridgehead atoms. The van der Waals surface area contributed by atoms with E-state index in [-0.39, 0.29) is 5.69 Å². The normalized spacial score (nSPS) is 11.2. The summed E-state index contributed by atoms with van der Waals surface area (Å²) in [6.45, 7) is 1.92. The molecule has 2 nitrogen and oxygen atoms in total. The Morgan fingerprint density at radius 1 is 1.19 bits per heavy atom. The molecule has 0 fully saturated rings. The third kappa shape index (κ3) is 2.40. The van der Waals surface area contributed by atoms with Gasteiger partial charge in [-0.1, -0.05) is 12.1 Å². The van der Waals surface area contributed by atoms with Crippen LogP contribution in [-0.4, -0.2) is 15.4 Å². The van der Waals surface area contributed by atoms with Gasteiger partial charge in [-0.25, -0.2) is 13.8 Å². The minimum atomic E-state index is -0.491. The smallest absolute Gasteiger partial charge is 0.147 e. The van der Waals surface area contributed by atoms with Crippen LogP contribution >= 0.6 is 11.6 Å². The first-order valence-electron chi connectivity index (χ1n) is 6.60. The molecule has 2 aromatic carbocycles. The largest absolute Gasteiger partial charge is 0.293 e. The lowest BCUT2D eigenvalue weighted by Gasteiger charge is -2.11. The fourth-order valence-corrected chi connectivity index (χ4v) is 2.68. The predicted octanol–water partition coefficient (Wildman–Crippen LogP) is 4.39. The highest BCUT2D eigenvalue weighted by Gasteiger charge is 2.17. The van der Waals surface area contributed by atoms with Gasteiger partial charge < -0.3 is 0 Å².